The van der Waals surface area contributed by atoms with Crippen LogP contribution < -0.4 is 11.3 Å². The lowest BCUT2D eigenvalue weighted by Gasteiger charge is -2.33. The Balaban J connectivity index is 2.16. The zero-order chi connectivity index (χ0) is 9.26. The van der Waals surface area contributed by atoms with Crippen molar-refractivity contribution in [3.8, 4) is 0 Å². The molecule has 4 heteroatoms. The molecule has 1 aromatic rings. The fourth-order valence-electron chi connectivity index (χ4n) is 1.93. The summed E-state index contributed by atoms with van der Waals surface area (Å²) < 4.78 is 1.89. The van der Waals surface area contributed by atoms with Gasteiger partial charge in [-0.3, -0.25) is 16.0 Å². The lowest BCUT2D eigenvalue weighted by Crippen LogP contribution is -2.37. The highest BCUT2D eigenvalue weighted by Crippen LogP contribution is 2.36. The molecule has 72 valence electrons. The third kappa shape index (κ3) is 1.47. The maximum atomic E-state index is 5.55. The number of aromatic nitrogens is 2. The first-order valence-corrected chi connectivity index (χ1v) is 4.77. The van der Waals surface area contributed by atoms with Crippen molar-refractivity contribution in [1.82, 2.24) is 15.2 Å². The van der Waals surface area contributed by atoms with Gasteiger partial charge in [0.15, 0.2) is 0 Å². The van der Waals surface area contributed by atoms with Crippen LogP contribution in [0.2, 0.25) is 0 Å². The van der Waals surface area contributed by atoms with Crippen molar-refractivity contribution in [2.24, 2.45) is 18.8 Å². The molecule has 3 N–H and O–H groups in total. The van der Waals surface area contributed by atoms with Gasteiger partial charge in [-0.1, -0.05) is 6.42 Å². The molecular formula is C9H16N4. The largest absolute Gasteiger partial charge is 0.271 e. The van der Waals surface area contributed by atoms with E-state index in [2.05, 4.69) is 10.5 Å². The number of hydrogen-bond donors (Lipinski definition) is 2. The van der Waals surface area contributed by atoms with Crippen LogP contribution in [0, 0.1) is 5.92 Å². The number of rotatable bonds is 3. The zero-order valence-electron chi connectivity index (χ0n) is 7.90. The third-order valence-corrected chi connectivity index (χ3v) is 2.98. The van der Waals surface area contributed by atoms with Crippen molar-refractivity contribution in [3.63, 3.8) is 0 Å². The van der Waals surface area contributed by atoms with Crippen molar-refractivity contribution in [2.45, 2.75) is 25.3 Å². The summed E-state index contributed by atoms with van der Waals surface area (Å²) >= 11 is 0. The van der Waals surface area contributed by atoms with Crippen LogP contribution in [0.25, 0.3) is 0 Å². The molecule has 0 aromatic carbocycles. The highest BCUT2D eigenvalue weighted by Gasteiger charge is 2.29. The van der Waals surface area contributed by atoms with Gasteiger partial charge >= 0.3 is 0 Å². The van der Waals surface area contributed by atoms with Crippen LogP contribution in [0.5, 0.6) is 0 Å². The van der Waals surface area contributed by atoms with Gasteiger partial charge < -0.3 is 0 Å². The highest BCUT2D eigenvalue weighted by molar-refractivity contribution is 5.08. The van der Waals surface area contributed by atoms with Crippen molar-refractivity contribution in [3.05, 3.63) is 18.0 Å². The molecule has 1 atom stereocenters. The average Bonchev–Trinajstić information content (AvgIpc) is 2.43. The molecular weight excluding hydrogens is 164 g/mol. The molecule has 0 aliphatic heterocycles. The summed E-state index contributed by atoms with van der Waals surface area (Å²) in [6.45, 7) is 0. The van der Waals surface area contributed by atoms with Gasteiger partial charge in [0, 0.05) is 13.2 Å². The first kappa shape index (κ1) is 8.72. The van der Waals surface area contributed by atoms with Gasteiger partial charge in [-0.15, -0.1) is 0 Å². The molecule has 1 saturated carbocycles. The Bertz CT molecular complexity index is 277. The van der Waals surface area contributed by atoms with Crippen LogP contribution >= 0.6 is 0 Å². The molecule has 1 aliphatic rings. The topological polar surface area (TPSA) is 55.9 Å². The van der Waals surface area contributed by atoms with Crippen molar-refractivity contribution >= 4 is 0 Å². The van der Waals surface area contributed by atoms with E-state index in [0.717, 1.165) is 0 Å². The molecule has 0 saturated heterocycles. The van der Waals surface area contributed by atoms with E-state index in [1.807, 2.05) is 24.0 Å². The molecule has 1 heterocycles. The first-order chi connectivity index (χ1) is 6.33. The number of hydrazine groups is 1. The van der Waals surface area contributed by atoms with Gasteiger partial charge in [-0.2, -0.15) is 5.10 Å². The van der Waals surface area contributed by atoms with Crippen LogP contribution in [-0.4, -0.2) is 9.78 Å². The number of aryl methyl sites for hydroxylation is 1. The fourth-order valence-corrected chi connectivity index (χ4v) is 1.93. The van der Waals surface area contributed by atoms with Crippen molar-refractivity contribution < 1.29 is 0 Å². The molecule has 1 fully saturated rings. The molecule has 1 aromatic heterocycles. The van der Waals surface area contributed by atoms with Gasteiger partial charge in [0.25, 0.3) is 0 Å². The third-order valence-electron chi connectivity index (χ3n) is 2.98. The van der Waals surface area contributed by atoms with Crippen molar-refractivity contribution in [1.29, 1.82) is 0 Å². The molecule has 0 amide bonds. The minimum Gasteiger partial charge on any atom is -0.271 e. The summed E-state index contributed by atoms with van der Waals surface area (Å²) in [6.07, 6.45) is 5.71. The number of nitrogens with two attached hydrogens (primary N) is 1. The van der Waals surface area contributed by atoms with E-state index < -0.39 is 0 Å². The Morgan fingerprint density at radius 1 is 1.69 bits per heavy atom. The van der Waals surface area contributed by atoms with Gasteiger partial charge in [-0.05, 0) is 24.8 Å². The lowest BCUT2D eigenvalue weighted by atomic mass is 9.79. The van der Waals surface area contributed by atoms with Crippen LogP contribution in [0.1, 0.15) is 31.0 Å². The predicted molar refractivity (Wildman–Crippen MR) is 50.6 cm³/mol. The summed E-state index contributed by atoms with van der Waals surface area (Å²) in [5.41, 5.74) is 4.07. The average molecular weight is 180 g/mol. The van der Waals surface area contributed by atoms with Crippen molar-refractivity contribution in [2.75, 3.05) is 0 Å². The maximum absolute atomic E-state index is 5.55. The monoisotopic (exact) mass is 180 g/mol. The second kappa shape index (κ2) is 3.47. The zero-order valence-corrected chi connectivity index (χ0v) is 7.90. The smallest absolute Gasteiger partial charge is 0.0657 e. The van der Waals surface area contributed by atoms with Crippen LogP contribution in [-0.2, 0) is 7.05 Å². The van der Waals surface area contributed by atoms with Gasteiger partial charge in [-0.25, -0.2) is 0 Å². The van der Waals surface area contributed by atoms with Crippen LogP contribution in [0.4, 0.5) is 0 Å². The molecule has 4 nitrogen and oxygen atoms in total. The maximum Gasteiger partial charge on any atom is 0.0657 e. The second-order valence-electron chi connectivity index (χ2n) is 3.72. The SMILES string of the molecule is Cn1nccc1C(NN)C1CCC1. The Labute approximate surface area is 78.1 Å². The molecule has 13 heavy (non-hydrogen) atoms. The number of nitrogens with zero attached hydrogens (tertiary/aromatic N) is 2. The van der Waals surface area contributed by atoms with E-state index in [-0.39, 0.29) is 6.04 Å². The second-order valence-corrected chi connectivity index (χ2v) is 3.72. The lowest BCUT2D eigenvalue weighted by molar-refractivity contribution is 0.224. The summed E-state index contributed by atoms with van der Waals surface area (Å²) in [7, 11) is 1.96. The normalized spacial score (nSPS) is 19.8. The summed E-state index contributed by atoms with van der Waals surface area (Å²) in [6, 6.07) is 2.31. The van der Waals surface area contributed by atoms with Gasteiger partial charge in [0.1, 0.15) is 0 Å². The fraction of sp³-hybridized carbons (Fsp3) is 0.667. The first-order valence-electron chi connectivity index (χ1n) is 4.77. The van der Waals surface area contributed by atoms with Crippen LogP contribution in [0.3, 0.4) is 0 Å². The summed E-state index contributed by atoms with van der Waals surface area (Å²) in [5, 5.41) is 4.15. The van der Waals surface area contributed by atoms with Crippen LogP contribution in [0.15, 0.2) is 12.3 Å². The Morgan fingerprint density at radius 3 is 2.85 bits per heavy atom. The Morgan fingerprint density at radius 2 is 2.46 bits per heavy atom. The summed E-state index contributed by atoms with van der Waals surface area (Å²) in [4.78, 5) is 0. The van der Waals surface area contributed by atoms with Gasteiger partial charge in [0.05, 0.1) is 11.7 Å². The number of nitrogens with one attached hydrogen (secondary N) is 1. The predicted octanol–water partition coefficient (Wildman–Crippen LogP) is 0.725. The molecule has 2 rings (SSSR count). The highest BCUT2D eigenvalue weighted by atomic mass is 15.3. The minimum absolute atomic E-state index is 0.279. The van der Waals surface area contributed by atoms with E-state index in [1.165, 1.54) is 25.0 Å². The molecule has 0 bridgehead atoms. The molecule has 0 radical (unpaired) electrons. The summed E-state index contributed by atoms with van der Waals surface area (Å²) in [5.74, 6) is 6.25. The Hall–Kier alpha value is -0.870. The molecule has 0 spiro atoms. The number of hydrogen-bond acceptors (Lipinski definition) is 3. The minimum atomic E-state index is 0.279. The molecule has 1 aliphatic carbocycles. The van der Waals surface area contributed by atoms with E-state index in [4.69, 9.17) is 5.84 Å². The quantitative estimate of drug-likeness (QED) is 0.532. The van der Waals surface area contributed by atoms with E-state index >= 15 is 0 Å². The van der Waals surface area contributed by atoms with E-state index in [0.29, 0.717) is 5.92 Å². The van der Waals surface area contributed by atoms with Gasteiger partial charge in [0.2, 0.25) is 0 Å². The molecule has 1 unspecified atom stereocenters. The Kier molecular flexibility index (Phi) is 2.33. The van der Waals surface area contributed by atoms with E-state index in [9.17, 15) is 0 Å². The van der Waals surface area contributed by atoms with E-state index in [1.54, 1.807) is 0 Å². The standard InChI is InChI=1S/C9H16N4/c1-13-8(5-6-11-13)9(12-10)7-3-2-4-7/h5-7,9,12H,2-4,10H2,1H3.